The molecule has 2 heterocycles. The van der Waals surface area contributed by atoms with Crippen molar-refractivity contribution in [2.24, 2.45) is 5.92 Å². The highest BCUT2D eigenvalue weighted by Gasteiger charge is 2.30. The van der Waals surface area contributed by atoms with Crippen LogP contribution in [0.4, 0.5) is 4.79 Å². The molecule has 0 aromatic carbocycles. The highest BCUT2D eigenvalue weighted by molar-refractivity contribution is 9.10. The second-order valence-electron chi connectivity index (χ2n) is 6.98. The third-order valence-electron chi connectivity index (χ3n) is 3.87. The fraction of sp³-hybridized carbons (Fsp3) is 0.588. The highest BCUT2D eigenvalue weighted by atomic mass is 79.9. The van der Waals surface area contributed by atoms with Gasteiger partial charge >= 0.3 is 6.09 Å². The Balaban J connectivity index is 1.89. The van der Waals surface area contributed by atoms with Gasteiger partial charge in [0.1, 0.15) is 16.5 Å². The molecule has 1 aromatic heterocycles. The maximum Gasteiger partial charge on any atom is 0.410 e. The number of nitrogens with zero attached hydrogens (tertiary/aromatic N) is 2. The molecule has 7 heteroatoms. The van der Waals surface area contributed by atoms with Gasteiger partial charge in [0, 0.05) is 36.1 Å². The van der Waals surface area contributed by atoms with Gasteiger partial charge in [0.05, 0.1) is 0 Å². The van der Waals surface area contributed by atoms with Crippen LogP contribution in [-0.4, -0.2) is 40.5 Å². The van der Waals surface area contributed by atoms with Gasteiger partial charge in [-0.1, -0.05) is 11.6 Å². The third-order valence-corrected chi connectivity index (χ3v) is 4.79. The van der Waals surface area contributed by atoms with Crippen molar-refractivity contribution in [2.75, 3.05) is 13.1 Å². The van der Waals surface area contributed by atoms with Crippen LogP contribution in [0.2, 0.25) is 5.15 Å². The molecule has 1 fully saturated rings. The Hall–Kier alpha value is -1.14. The van der Waals surface area contributed by atoms with E-state index in [0.29, 0.717) is 37.5 Å². The van der Waals surface area contributed by atoms with Crippen LogP contribution in [0.25, 0.3) is 0 Å². The van der Waals surface area contributed by atoms with Gasteiger partial charge in [-0.15, -0.1) is 0 Å². The van der Waals surface area contributed by atoms with Crippen LogP contribution >= 0.6 is 27.5 Å². The number of hydrogen-bond donors (Lipinski definition) is 0. The van der Waals surface area contributed by atoms with Crippen molar-refractivity contribution in [3.8, 4) is 0 Å². The van der Waals surface area contributed by atoms with Crippen LogP contribution < -0.4 is 0 Å². The largest absolute Gasteiger partial charge is 0.444 e. The van der Waals surface area contributed by atoms with E-state index in [1.807, 2.05) is 20.8 Å². The normalized spacial score (nSPS) is 16.1. The summed E-state index contributed by atoms with van der Waals surface area (Å²) in [4.78, 5) is 30.2. The first-order chi connectivity index (χ1) is 11.2. The van der Waals surface area contributed by atoms with E-state index in [9.17, 15) is 9.59 Å². The Morgan fingerprint density at radius 3 is 2.58 bits per heavy atom. The molecule has 1 aliphatic heterocycles. The lowest BCUT2D eigenvalue weighted by molar-refractivity contribution is -0.123. The summed E-state index contributed by atoms with van der Waals surface area (Å²) in [6.45, 7) is 6.63. The molecule has 24 heavy (non-hydrogen) atoms. The van der Waals surface area contributed by atoms with Crippen molar-refractivity contribution in [2.45, 2.75) is 45.6 Å². The van der Waals surface area contributed by atoms with Crippen LogP contribution in [0.5, 0.6) is 0 Å². The van der Waals surface area contributed by atoms with Crippen molar-refractivity contribution in [1.29, 1.82) is 0 Å². The number of carbonyl (C=O) groups is 2. The zero-order valence-corrected chi connectivity index (χ0v) is 16.5. The van der Waals surface area contributed by atoms with E-state index in [2.05, 4.69) is 20.9 Å². The first-order valence-corrected chi connectivity index (χ1v) is 9.13. The zero-order valence-electron chi connectivity index (χ0n) is 14.1. The van der Waals surface area contributed by atoms with Crippen LogP contribution in [0, 0.1) is 5.92 Å². The number of ketones is 1. The number of Topliss-reactive ketones (excluding diaryl/α,β-unsaturated/α-hetero) is 1. The molecule has 0 unspecified atom stereocenters. The number of rotatable bonds is 3. The molecule has 0 atom stereocenters. The van der Waals surface area contributed by atoms with Gasteiger partial charge in [0.15, 0.2) is 0 Å². The van der Waals surface area contributed by atoms with Crippen LogP contribution in [-0.2, 0) is 16.0 Å². The fourth-order valence-electron chi connectivity index (χ4n) is 2.63. The number of likely N-dealkylation sites (tertiary alicyclic amines) is 1. The van der Waals surface area contributed by atoms with Crippen LogP contribution in [0.1, 0.15) is 39.2 Å². The summed E-state index contributed by atoms with van der Waals surface area (Å²) >= 11 is 9.29. The van der Waals surface area contributed by atoms with Gasteiger partial charge in [-0.05, 0) is 61.2 Å². The molecule has 1 amide bonds. The minimum atomic E-state index is -0.503. The molecule has 0 bridgehead atoms. The molecule has 132 valence electrons. The van der Waals surface area contributed by atoms with E-state index in [1.54, 1.807) is 17.2 Å². The molecule has 1 aliphatic rings. The fourth-order valence-corrected chi connectivity index (χ4v) is 3.17. The average Bonchev–Trinajstić information content (AvgIpc) is 2.49. The van der Waals surface area contributed by atoms with Crippen molar-refractivity contribution in [1.82, 2.24) is 9.88 Å². The molecule has 1 aromatic rings. The molecule has 0 N–H and O–H groups in total. The maximum absolute atomic E-state index is 12.5. The quantitative estimate of drug-likeness (QED) is 0.690. The lowest BCUT2D eigenvalue weighted by atomic mass is 9.89. The predicted molar refractivity (Wildman–Crippen MR) is 96.2 cm³/mol. The second-order valence-corrected chi connectivity index (χ2v) is 8.22. The molecule has 2 rings (SSSR count). The topological polar surface area (TPSA) is 59.5 Å². The van der Waals surface area contributed by atoms with Gasteiger partial charge in [-0.3, -0.25) is 4.79 Å². The van der Waals surface area contributed by atoms with Gasteiger partial charge in [-0.25, -0.2) is 9.78 Å². The summed E-state index contributed by atoms with van der Waals surface area (Å²) in [7, 11) is 0. The number of amides is 1. The summed E-state index contributed by atoms with van der Waals surface area (Å²) < 4.78 is 6.16. The number of pyridine rings is 1. The summed E-state index contributed by atoms with van der Waals surface area (Å²) in [6.07, 6.45) is 2.94. The number of aromatic nitrogens is 1. The van der Waals surface area contributed by atoms with E-state index < -0.39 is 5.60 Å². The lowest BCUT2D eigenvalue weighted by Gasteiger charge is -2.33. The van der Waals surface area contributed by atoms with Gasteiger partial charge in [0.2, 0.25) is 0 Å². The Morgan fingerprint density at radius 1 is 1.38 bits per heavy atom. The molecule has 1 saturated heterocycles. The summed E-state index contributed by atoms with van der Waals surface area (Å²) in [5.41, 5.74) is 0.339. The summed E-state index contributed by atoms with van der Waals surface area (Å²) in [6, 6.07) is 1.71. The highest BCUT2D eigenvalue weighted by Crippen LogP contribution is 2.25. The molecule has 0 aliphatic carbocycles. The average molecular weight is 418 g/mol. The number of ether oxygens (including phenoxy) is 1. The second kappa shape index (κ2) is 7.83. The minimum Gasteiger partial charge on any atom is -0.444 e. The Kier molecular flexibility index (Phi) is 6.26. The summed E-state index contributed by atoms with van der Waals surface area (Å²) in [5.74, 6) is 0.129. The molecule has 0 saturated carbocycles. The predicted octanol–water partition coefficient (Wildman–Crippen LogP) is 4.26. The SMILES string of the molecule is CC(C)(C)OC(=O)N1CCC(C(=O)Cc2cc(Cl)ncc2Br)CC1. The van der Waals surface area contributed by atoms with Crippen LogP contribution in [0.3, 0.4) is 0 Å². The van der Waals surface area contributed by atoms with Crippen molar-refractivity contribution >= 4 is 39.4 Å². The van der Waals surface area contributed by atoms with Gasteiger partial charge in [-0.2, -0.15) is 0 Å². The third kappa shape index (κ3) is 5.45. The number of carbonyl (C=O) groups excluding carboxylic acids is 2. The molecule has 5 nitrogen and oxygen atoms in total. The van der Waals surface area contributed by atoms with Gasteiger partial charge in [0.25, 0.3) is 0 Å². The maximum atomic E-state index is 12.5. The Bertz CT molecular complexity index is 623. The van der Waals surface area contributed by atoms with E-state index in [1.165, 1.54) is 0 Å². The lowest BCUT2D eigenvalue weighted by Crippen LogP contribution is -2.43. The standard InChI is InChI=1S/C17H22BrClN2O3/c1-17(2,3)24-16(23)21-6-4-11(5-7-21)14(22)8-12-9-15(19)20-10-13(12)18/h9-11H,4-8H2,1-3H3. The monoisotopic (exact) mass is 416 g/mol. The molecular weight excluding hydrogens is 396 g/mol. The zero-order chi connectivity index (χ0) is 17.9. The molecule has 0 spiro atoms. The smallest absolute Gasteiger partial charge is 0.410 e. The van der Waals surface area contributed by atoms with E-state index in [-0.39, 0.29) is 17.8 Å². The number of halogens is 2. The van der Waals surface area contributed by atoms with E-state index in [4.69, 9.17) is 16.3 Å². The first-order valence-electron chi connectivity index (χ1n) is 7.96. The molecule has 0 radical (unpaired) electrons. The van der Waals surface area contributed by atoms with Crippen molar-refractivity contribution in [3.63, 3.8) is 0 Å². The number of piperidine rings is 1. The Morgan fingerprint density at radius 2 is 2.00 bits per heavy atom. The summed E-state index contributed by atoms with van der Waals surface area (Å²) in [5, 5.41) is 0.376. The van der Waals surface area contributed by atoms with E-state index in [0.717, 1.165) is 10.0 Å². The van der Waals surface area contributed by atoms with E-state index >= 15 is 0 Å². The Labute approximate surface area is 155 Å². The number of hydrogen-bond acceptors (Lipinski definition) is 4. The minimum absolute atomic E-state index is 0.0393. The van der Waals surface area contributed by atoms with Crippen molar-refractivity contribution in [3.05, 3.63) is 27.5 Å². The van der Waals surface area contributed by atoms with Crippen LogP contribution in [0.15, 0.2) is 16.7 Å². The van der Waals surface area contributed by atoms with Crippen molar-refractivity contribution < 1.29 is 14.3 Å². The first kappa shape index (κ1) is 19.2. The molecular formula is C17H22BrClN2O3. The van der Waals surface area contributed by atoms with Gasteiger partial charge < -0.3 is 9.64 Å².